The Morgan fingerprint density at radius 3 is 2.47 bits per heavy atom. The summed E-state index contributed by atoms with van der Waals surface area (Å²) in [6, 6.07) is 0. The first-order valence-corrected chi connectivity index (χ1v) is 6.74. The number of nitrogens with zero attached hydrogens (tertiary/aromatic N) is 1. The lowest BCUT2D eigenvalue weighted by molar-refractivity contribution is -0.160. The van der Waals surface area contributed by atoms with Crippen molar-refractivity contribution in [3.63, 3.8) is 0 Å². The number of amides is 1. The van der Waals surface area contributed by atoms with Gasteiger partial charge in [-0.2, -0.15) is 0 Å². The zero-order chi connectivity index (χ0) is 13.8. The smallest absolute Gasteiger partial charge is 0.311 e. The molecule has 0 aromatic carbocycles. The Kier molecular flexibility index (Phi) is 2.63. The highest BCUT2D eigenvalue weighted by Crippen LogP contribution is 2.50. The zero-order valence-electron chi connectivity index (χ0n) is 10.6. The van der Waals surface area contributed by atoms with E-state index < -0.39 is 23.2 Å². The molecule has 0 aromatic heterocycles. The average molecular weight is 273 g/mol. The number of fused-ring (bicyclic) bond motifs is 1. The number of aliphatic carboxylic acids is 1. The van der Waals surface area contributed by atoms with Crippen molar-refractivity contribution in [1.82, 2.24) is 4.90 Å². The molecular weight excluding hydrogens is 256 g/mol. The van der Waals surface area contributed by atoms with Crippen molar-refractivity contribution in [2.75, 3.05) is 13.1 Å². The van der Waals surface area contributed by atoms with Gasteiger partial charge in [-0.25, -0.2) is 8.78 Å². The van der Waals surface area contributed by atoms with Crippen LogP contribution in [0.15, 0.2) is 0 Å². The second kappa shape index (κ2) is 3.90. The molecule has 0 spiro atoms. The molecule has 2 saturated carbocycles. The molecule has 106 valence electrons. The van der Waals surface area contributed by atoms with E-state index in [4.69, 9.17) is 0 Å². The number of carbonyl (C=O) groups is 2. The summed E-state index contributed by atoms with van der Waals surface area (Å²) in [6.07, 6.45) is 1.52. The van der Waals surface area contributed by atoms with E-state index in [2.05, 4.69) is 0 Å². The van der Waals surface area contributed by atoms with Gasteiger partial charge in [-0.1, -0.05) is 6.42 Å². The van der Waals surface area contributed by atoms with Crippen molar-refractivity contribution in [3.8, 4) is 0 Å². The number of carboxylic acid groups (broad SMARTS) is 1. The minimum absolute atomic E-state index is 0.00506. The van der Waals surface area contributed by atoms with Crippen molar-refractivity contribution in [2.45, 2.75) is 38.0 Å². The lowest BCUT2D eigenvalue weighted by atomic mass is 9.80. The van der Waals surface area contributed by atoms with Crippen molar-refractivity contribution < 1.29 is 23.5 Å². The minimum atomic E-state index is -2.71. The maximum atomic E-state index is 12.8. The standard InChI is InChI=1S/C13H17F2NO3/c14-13(15)4-8(5-13)10(17)16-6-9-2-1-3-12(9,7-16)11(18)19/h8-9H,1-7H2,(H,18,19)/t9-,12+/m0/s1. The molecule has 1 heterocycles. The van der Waals surface area contributed by atoms with Crippen LogP contribution in [-0.2, 0) is 9.59 Å². The van der Waals surface area contributed by atoms with Crippen LogP contribution in [0, 0.1) is 17.3 Å². The number of hydrogen-bond donors (Lipinski definition) is 1. The van der Waals surface area contributed by atoms with Crippen molar-refractivity contribution in [1.29, 1.82) is 0 Å². The molecule has 1 N–H and O–H groups in total. The van der Waals surface area contributed by atoms with Gasteiger partial charge < -0.3 is 10.0 Å². The van der Waals surface area contributed by atoms with Gasteiger partial charge >= 0.3 is 5.97 Å². The van der Waals surface area contributed by atoms with E-state index >= 15 is 0 Å². The number of halogens is 2. The zero-order valence-corrected chi connectivity index (χ0v) is 10.6. The molecule has 0 aromatic rings. The van der Waals surface area contributed by atoms with Crippen LogP contribution in [0.4, 0.5) is 8.78 Å². The second-order valence-corrected chi connectivity index (χ2v) is 6.23. The molecule has 3 aliphatic rings. The molecule has 2 aliphatic carbocycles. The summed E-state index contributed by atoms with van der Waals surface area (Å²) >= 11 is 0. The van der Waals surface area contributed by atoms with E-state index in [0.29, 0.717) is 13.0 Å². The highest BCUT2D eigenvalue weighted by Gasteiger charge is 2.58. The molecule has 3 rings (SSSR count). The Balaban J connectivity index is 1.69. The molecule has 4 nitrogen and oxygen atoms in total. The van der Waals surface area contributed by atoms with E-state index in [1.807, 2.05) is 0 Å². The SMILES string of the molecule is O=C(C1CC(F)(F)C1)N1C[C@@H]2CCC[C@@]2(C(=O)O)C1. The lowest BCUT2D eigenvalue weighted by Crippen LogP contribution is -2.47. The van der Waals surface area contributed by atoms with Gasteiger partial charge in [0.25, 0.3) is 0 Å². The highest BCUT2D eigenvalue weighted by atomic mass is 19.3. The van der Waals surface area contributed by atoms with Gasteiger partial charge in [0, 0.05) is 31.8 Å². The van der Waals surface area contributed by atoms with E-state index in [1.165, 1.54) is 4.90 Å². The van der Waals surface area contributed by atoms with Crippen LogP contribution in [0.2, 0.25) is 0 Å². The predicted octanol–water partition coefficient (Wildman–Crippen LogP) is 1.75. The van der Waals surface area contributed by atoms with Crippen LogP contribution < -0.4 is 0 Å². The molecule has 0 unspecified atom stereocenters. The van der Waals surface area contributed by atoms with Gasteiger partial charge in [0.1, 0.15) is 0 Å². The Morgan fingerprint density at radius 2 is 1.95 bits per heavy atom. The third-order valence-corrected chi connectivity index (χ3v) is 5.05. The molecule has 2 atom stereocenters. The number of likely N-dealkylation sites (tertiary alicyclic amines) is 1. The number of carboxylic acids is 1. The largest absolute Gasteiger partial charge is 0.481 e. The van der Waals surface area contributed by atoms with Gasteiger partial charge in [0.15, 0.2) is 0 Å². The molecule has 1 saturated heterocycles. The Labute approximate surface area is 109 Å². The first-order chi connectivity index (χ1) is 8.84. The highest BCUT2D eigenvalue weighted by molar-refractivity contribution is 5.83. The van der Waals surface area contributed by atoms with Gasteiger partial charge in [-0.15, -0.1) is 0 Å². The van der Waals surface area contributed by atoms with Crippen LogP contribution in [0.3, 0.4) is 0 Å². The molecule has 0 bridgehead atoms. The molecule has 19 heavy (non-hydrogen) atoms. The van der Waals surface area contributed by atoms with E-state index in [1.54, 1.807) is 0 Å². The lowest BCUT2D eigenvalue weighted by Gasteiger charge is -2.36. The number of alkyl halides is 2. The fraction of sp³-hybridized carbons (Fsp3) is 0.846. The normalized spacial score (nSPS) is 36.9. The summed E-state index contributed by atoms with van der Waals surface area (Å²) in [5, 5.41) is 9.41. The molecule has 1 aliphatic heterocycles. The summed E-state index contributed by atoms with van der Waals surface area (Å²) in [7, 11) is 0. The van der Waals surface area contributed by atoms with Crippen molar-refractivity contribution >= 4 is 11.9 Å². The number of hydrogen-bond acceptors (Lipinski definition) is 2. The Hall–Kier alpha value is -1.20. The minimum Gasteiger partial charge on any atom is -0.481 e. The predicted molar refractivity (Wildman–Crippen MR) is 61.7 cm³/mol. The Bertz CT molecular complexity index is 432. The molecule has 3 fully saturated rings. The first-order valence-electron chi connectivity index (χ1n) is 6.74. The monoisotopic (exact) mass is 273 g/mol. The topological polar surface area (TPSA) is 57.6 Å². The fourth-order valence-electron chi connectivity index (χ4n) is 3.90. The molecule has 6 heteroatoms. The molecule has 0 radical (unpaired) electrons. The van der Waals surface area contributed by atoms with Crippen molar-refractivity contribution in [2.24, 2.45) is 17.3 Å². The van der Waals surface area contributed by atoms with Crippen molar-refractivity contribution in [3.05, 3.63) is 0 Å². The number of carbonyl (C=O) groups excluding carboxylic acids is 1. The van der Waals surface area contributed by atoms with Gasteiger partial charge in [-0.3, -0.25) is 9.59 Å². The van der Waals surface area contributed by atoms with Crippen LogP contribution in [0.1, 0.15) is 32.1 Å². The van der Waals surface area contributed by atoms with E-state index in [-0.39, 0.29) is 31.2 Å². The number of rotatable bonds is 2. The van der Waals surface area contributed by atoms with Gasteiger partial charge in [0.05, 0.1) is 5.41 Å². The average Bonchev–Trinajstić information content (AvgIpc) is 2.81. The quantitative estimate of drug-likeness (QED) is 0.833. The molecule has 1 amide bonds. The van der Waals surface area contributed by atoms with Gasteiger partial charge in [0.2, 0.25) is 11.8 Å². The fourth-order valence-corrected chi connectivity index (χ4v) is 3.90. The second-order valence-electron chi connectivity index (χ2n) is 6.23. The van der Waals surface area contributed by atoms with Crippen LogP contribution in [0.5, 0.6) is 0 Å². The third kappa shape index (κ3) is 1.83. The maximum absolute atomic E-state index is 12.8. The maximum Gasteiger partial charge on any atom is 0.311 e. The molecular formula is C13H17F2NO3. The van der Waals surface area contributed by atoms with Crippen LogP contribution in [-0.4, -0.2) is 40.9 Å². The Morgan fingerprint density at radius 1 is 1.26 bits per heavy atom. The van der Waals surface area contributed by atoms with Crippen LogP contribution in [0.25, 0.3) is 0 Å². The summed E-state index contributed by atoms with van der Waals surface area (Å²) < 4.78 is 25.6. The van der Waals surface area contributed by atoms with E-state index in [9.17, 15) is 23.5 Å². The summed E-state index contributed by atoms with van der Waals surface area (Å²) in [5.74, 6) is -4.44. The van der Waals surface area contributed by atoms with E-state index in [0.717, 1.165) is 12.8 Å². The summed E-state index contributed by atoms with van der Waals surface area (Å²) in [4.78, 5) is 25.1. The van der Waals surface area contributed by atoms with Gasteiger partial charge in [-0.05, 0) is 18.8 Å². The summed E-state index contributed by atoms with van der Waals surface area (Å²) in [5.41, 5.74) is -0.818. The van der Waals surface area contributed by atoms with Crippen LogP contribution >= 0.6 is 0 Å². The summed E-state index contributed by atoms with van der Waals surface area (Å²) in [6.45, 7) is 0.626. The third-order valence-electron chi connectivity index (χ3n) is 5.05. The first kappa shape index (κ1) is 12.8.